The maximum absolute atomic E-state index is 12.6. The number of aryl methyl sites for hydroxylation is 1. The van der Waals surface area contributed by atoms with E-state index in [0.29, 0.717) is 13.1 Å². The number of amides is 1. The molecule has 0 radical (unpaired) electrons. The zero-order valence-corrected chi connectivity index (χ0v) is 19.4. The van der Waals surface area contributed by atoms with Crippen molar-refractivity contribution in [3.63, 3.8) is 0 Å². The molecule has 0 bridgehead atoms. The number of ether oxygens (including phenoxy) is 1. The maximum atomic E-state index is 12.6. The van der Waals surface area contributed by atoms with E-state index in [9.17, 15) is 4.79 Å². The lowest BCUT2D eigenvalue weighted by atomic mass is 9.56. The van der Waals surface area contributed by atoms with E-state index in [-0.39, 0.29) is 46.9 Å². The molecule has 2 atom stereocenters. The van der Waals surface area contributed by atoms with E-state index in [2.05, 4.69) is 36.2 Å². The number of carbonyl (C=O) groups is 1. The monoisotopic (exact) mass is 490 g/mol. The molecule has 1 aromatic heterocycles. The Labute approximate surface area is 178 Å². The summed E-state index contributed by atoms with van der Waals surface area (Å²) in [7, 11) is 5.38. The maximum Gasteiger partial charge on any atom is 0.246 e. The van der Waals surface area contributed by atoms with Crippen molar-refractivity contribution in [1.82, 2.24) is 20.0 Å². The summed E-state index contributed by atoms with van der Waals surface area (Å²) in [5.41, 5.74) is 0.688. The first-order valence-corrected chi connectivity index (χ1v) is 9.04. The predicted octanol–water partition coefficient (Wildman–Crippen LogP) is 1.47. The van der Waals surface area contributed by atoms with E-state index < -0.39 is 0 Å². The van der Waals surface area contributed by atoms with Crippen molar-refractivity contribution in [3.8, 4) is 0 Å². The van der Waals surface area contributed by atoms with Crippen LogP contribution < -0.4 is 10.2 Å². The number of methoxy groups -OCH3 is 1. The standard InChI is InChI=1S/C18H30N6O2.HI/c1-17(2)14(9-18(17,3)26-6)21-16(19-4)23-7-8-24(15(25)12-23)13-10-20-22(5)11-13;/h10-11,14H,7-9,12H2,1-6H3,(H,19,21);1H. The fourth-order valence-corrected chi connectivity index (χ4v) is 3.85. The number of hydrogen-bond acceptors (Lipinski definition) is 4. The van der Waals surface area contributed by atoms with Crippen LogP contribution in [0, 0.1) is 5.41 Å². The fourth-order valence-electron chi connectivity index (χ4n) is 3.85. The van der Waals surface area contributed by atoms with Crippen molar-refractivity contribution in [1.29, 1.82) is 0 Å². The van der Waals surface area contributed by atoms with Gasteiger partial charge in [-0.15, -0.1) is 24.0 Å². The highest BCUT2D eigenvalue weighted by molar-refractivity contribution is 14.0. The van der Waals surface area contributed by atoms with Crippen molar-refractivity contribution >= 4 is 41.5 Å². The molecule has 0 spiro atoms. The summed E-state index contributed by atoms with van der Waals surface area (Å²) in [5.74, 6) is 0.835. The Morgan fingerprint density at radius 2 is 2.07 bits per heavy atom. The molecule has 2 fully saturated rings. The number of hydrogen-bond donors (Lipinski definition) is 1. The van der Waals surface area contributed by atoms with Gasteiger partial charge in [0.2, 0.25) is 5.91 Å². The van der Waals surface area contributed by atoms with Crippen molar-refractivity contribution in [2.45, 2.75) is 38.8 Å². The predicted molar refractivity (Wildman–Crippen MR) is 117 cm³/mol. The van der Waals surface area contributed by atoms with Crippen LogP contribution in [0.15, 0.2) is 17.4 Å². The molecule has 1 aliphatic heterocycles. The third-order valence-electron chi connectivity index (χ3n) is 6.32. The molecule has 1 aromatic rings. The molecule has 1 aliphatic carbocycles. The minimum Gasteiger partial charge on any atom is -0.378 e. The molecule has 1 amide bonds. The molecule has 2 heterocycles. The van der Waals surface area contributed by atoms with Crippen LogP contribution in [-0.2, 0) is 16.6 Å². The molecule has 1 N–H and O–H groups in total. The van der Waals surface area contributed by atoms with Gasteiger partial charge in [0, 0.05) is 51.9 Å². The zero-order chi connectivity index (χ0) is 19.1. The molecule has 1 saturated heterocycles. The van der Waals surface area contributed by atoms with Gasteiger partial charge < -0.3 is 19.9 Å². The number of halogens is 1. The third kappa shape index (κ3) is 3.80. The van der Waals surface area contributed by atoms with Crippen LogP contribution in [0.2, 0.25) is 0 Å². The Hall–Kier alpha value is -1.36. The fraction of sp³-hybridized carbons (Fsp3) is 0.722. The second-order valence-corrected chi connectivity index (χ2v) is 7.94. The highest BCUT2D eigenvalue weighted by Gasteiger charge is 2.58. The number of aliphatic imine (C=N–C) groups is 1. The van der Waals surface area contributed by atoms with Crippen molar-refractivity contribution in [3.05, 3.63) is 12.4 Å². The molecule has 3 rings (SSSR count). The Kier molecular flexibility index (Phi) is 6.45. The first-order chi connectivity index (χ1) is 12.2. The molecule has 0 aromatic carbocycles. The Morgan fingerprint density at radius 3 is 2.56 bits per heavy atom. The van der Waals surface area contributed by atoms with E-state index in [0.717, 1.165) is 24.6 Å². The van der Waals surface area contributed by atoms with Gasteiger partial charge in [0.15, 0.2) is 5.96 Å². The van der Waals surface area contributed by atoms with Gasteiger partial charge in [-0.1, -0.05) is 13.8 Å². The minimum absolute atomic E-state index is 0. The number of aromatic nitrogens is 2. The molecule has 9 heteroatoms. The number of guanidine groups is 1. The summed E-state index contributed by atoms with van der Waals surface area (Å²) in [6, 6.07) is 0.262. The van der Waals surface area contributed by atoms with Gasteiger partial charge in [0.1, 0.15) is 6.54 Å². The average Bonchev–Trinajstić information content (AvgIpc) is 3.04. The quantitative estimate of drug-likeness (QED) is 0.395. The summed E-state index contributed by atoms with van der Waals surface area (Å²) in [5, 5.41) is 7.69. The smallest absolute Gasteiger partial charge is 0.246 e. The van der Waals surface area contributed by atoms with E-state index in [4.69, 9.17) is 4.74 Å². The van der Waals surface area contributed by atoms with Crippen LogP contribution in [-0.4, -0.2) is 72.0 Å². The van der Waals surface area contributed by atoms with Crippen LogP contribution in [0.3, 0.4) is 0 Å². The summed E-state index contributed by atoms with van der Waals surface area (Å²) in [4.78, 5) is 20.8. The van der Waals surface area contributed by atoms with Gasteiger partial charge in [-0.25, -0.2) is 0 Å². The molecular weight excluding hydrogens is 459 g/mol. The molecule has 1 saturated carbocycles. The average molecular weight is 490 g/mol. The van der Waals surface area contributed by atoms with Crippen molar-refractivity contribution < 1.29 is 9.53 Å². The summed E-state index contributed by atoms with van der Waals surface area (Å²) in [6.45, 7) is 8.21. The van der Waals surface area contributed by atoms with E-state index in [1.54, 1.807) is 29.9 Å². The lowest BCUT2D eigenvalue weighted by molar-refractivity contribution is -0.177. The topological polar surface area (TPSA) is 75.0 Å². The minimum atomic E-state index is -0.141. The number of nitrogens with one attached hydrogen (secondary N) is 1. The van der Waals surface area contributed by atoms with Crippen LogP contribution in [0.4, 0.5) is 5.69 Å². The lowest BCUT2D eigenvalue weighted by Gasteiger charge is -2.59. The number of nitrogens with zero attached hydrogens (tertiary/aromatic N) is 5. The van der Waals surface area contributed by atoms with Gasteiger partial charge in [-0.2, -0.15) is 5.10 Å². The molecule has 27 heavy (non-hydrogen) atoms. The normalized spacial score (nSPS) is 27.9. The summed E-state index contributed by atoms with van der Waals surface area (Å²) >= 11 is 0. The second-order valence-electron chi connectivity index (χ2n) is 7.94. The van der Waals surface area contributed by atoms with Gasteiger partial charge in [-0.3, -0.25) is 14.5 Å². The molecular formula is C18H31IN6O2. The molecule has 152 valence electrons. The van der Waals surface area contributed by atoms with Gasteiger partial charge in [0.25, 0.3) is 0 Å². The second kappa shape index (κ2) is 7.94. The molecule has 2 unspecified atom stereocenters. The van der Waals surface area contributed by atoms with Crippen molar-refractivity contribution in [2.75, 3.05) is 38.7 Å². The Balaban J connectivity index is 0.00000261. The number of anilines is 1. The van der Waals surface area contributed by atoms with Crippen molar-refractivity contribution in [2.24, 2.45) is 17.5 Å². The SMILES string of the molecule is CN=C(NC1CC(C)(OC)C1(C)C)N1CCN(c2cnn(C)c2)C(=O)C1.I. The molecule has 8 nitrogen and oxygen atoms in total. The number of carbonyl (C=O) groups excluding carboxylic acids is 1. The largest absolute Gasteiger partial charge is 0.378 e. The van der Waals surface area contributed by atoms with Gasteiger partial charge >= 0.3 is 0 Å². The van der Waals surface area contributed by atoms with E-state index in [1.165, 1.54) is 0 Å². The highest BCUT2D eigenvalue weighted by Crippen LogP contribution is 2.51. The highest BCUT2D eigenvalue weighted by atomic mass is 127. The number of rotatable bonds is 3. The van der Waals surface area contributed by atoms with Crippen LogP contribution >= 0.6 is 24.0 Å². The Morgan fingerprint density at radius 1 is 1.37 bits per heavy atom. The van der Waals surface area contributed by atoms with Crippen LogP contribution in [0.5, 0.6) is 0 Å². The van der Waals surface area contributed by atoms with Crippen LogP contribution in [0.1, 0.15) is 27.2 Å². The third-order valence-corrected chi connectivity index (χ3v) is 6.32. The zero-order valence-electron chi connectivity index (χ0n) is 17.0. The molecule has 2 aliphatic rings. The summed E-state index contributed by atoms with van der Waals surface area (Å²) < 4.78 is 7.41. The summed E-state index contributed by atoms with van der Waals surface area (Å²) in [6.07, 6.45) is 4.51. The first kappa shape index (κ1) is 21.9. The van der Waals surface area contributed by atoms with E-state index >= 15 is 0 Å². The number of piperazine rings is 1. The Bertz CT molecular complexity index is 718. The van der Waals surface area contributed by atoms with E-state index in [1.807, 2.05) is 18.1 Å². The van der Waals surface area contributed by atoms with Gasteiger partial charge in [0.05, 0.1) is 17.5 Å². The van der Waals surface area contributed by atoms with Gasteiger partial charge in [-0.05, 0) is 13.3 Å². The van der Waals surface area contributed by atoms with Crippen LogP contribution in [0.25, 0.3) is 0 Å². The lowest BCUT2D eigenvalue weighted by Crippen LogP contribution is -2.70. The first-order valence-electron chi connectivity index (χ1n) is 9.04.